The van der Waals surface area contributed by atoms with E-state index >= 15 is 0 Å². The quantitative estimate of drug-likeness (QED) is 0.543. The predicted molar refractivity (Wildman–Crippen MR) is 106 cm³/mol. The highest BCUT2D eigenvalue weighted by molar-refractivity contribution is 5.91. The van der Waals surface area contributed by atoms with Crippen LogP contribution < -0.4 is 0 Å². The van der Waals surface area contributed by atoms with Crippen molar-refractivity contribution in [2.45, 2.75) is 101 Å². The number of hydrogen-bond acceptors (Lipinski definition) is 6. The molecule has 0 saturated carbocycles. The Morgan fingerprint density at radius 3 is 1.32 bits per heavy atom. The van der Waals surface area contributed by atoms with Gasteiger partial charge in [-0.15, -0.1) is 0 Å². The van der Waals surface area contributed by atoms with Crippen LogP contribution in [0.25, 0.3) is 0 Å². The van der Waals surface area contributed by atoms with Crippen LogP contribution in [0.1, 0.15) is 64.2 Å². The Balaban J connectivity index is 1.23. The van der Waals surface area contributed by atoms with E-state index in [9.17, 15) is 9.59 Å². The molecule has 0 aromatic heterocycles. The van der Waals surface area contributed by atoms with Crippen LogP contribution >= 0.6 is 0 Å². The average Bonchev–Trinajstić information content (AvgIpc) is 2.62. The molecule has 4 bridgehead atoms. The Morgan fingerprint density at radius 2 is 1.00 bits per heavy atom. The zero-order chi connectivity index (χ0) is 19.7. The molecule has 156 valence electrons. The van der Waals surface area contributed by atoms with Crippen LogP contribution in [0.15, 0.2) is 12.2 Å². The predicted octanol–water partition coefficient (Wildman–Crippen LogP) is 2.66. The minimum absolute atomic E-state index is 0.0343. The summed E-state index contributed by atoms with van der Waals surface area (Å²) < 4.78 is 11.2. The van der Waals surface area contributed by atoms with Gasteiger partial charge in [0.15, 0.2) is 0 Å². The topological polar surface area (TPSA) is 59.1 Å². The molecule has 2 unspecified atom stereocenters. The van der Waals surface area contributed by atoms with Crippen molar-refractivity contribution in [1.29, 1.82) is 0 Å². The van der Waals surface area contributed by atoms with Gasteiger partial charge in [0.2, 0.25) is 0 Å². The number of ether oxygens (including phenoxy) is 2. The summed E-state index contributed by atoms with van der Waals surface area (Å²) >= 11 is 0. The zero-order valence-corrected chi connectivity index (χ0v) is 17.2. The molecule has 0 N–H and O–H groups in total. The summed E-state index contributed by atoms with van der Waals surface area (Å²) in [5.41, 5.74) is 0. The second kappa shape index (κ2) is 8.54. The van der Waals surface area contributed by atoms with Crippen LogP contribution in [0.5, 0.6) is 0 Å². The van der Waals surface area contributed by atoms with Crippen LogP contribution in [-0.4, -0.2) is 72.2 Å². The van der Waals surface area contributed by atoms with Crippen molar-refractivity contribution < 1.29 is 19.1 Å². The molecule has 6 nitrogen and oxygen atoms in total. The van der Waals surface area contributed by atoms with Gasteiger partial charge in [-0.25, -0.2) is 9.59 Å². The second-order valence-corrected chi connectivity index (χ2v) is 9.20. The second-order valence-electron chi connectivity index (χ2n) is 9.20. The van der Waals surface area contributed by atoms with Crippen molar-refractivity contribution in [3.8, 4) is 0 Å². The normalized spacial score (nSPS) is 38.9. The molecule has 4 fully saturated rings. The van der Waals surface area contributed by atoms with E-state index in [2.05, 4.69) is 23.9 Å². The molecule has 4 heterocycles. The van der Waals surface area contributed by atoms with E-state index in [1.54, 1.807) is 0 Å². The van der Waals surface area contributed by atoms with E-state index in [1.165, 1.54) is 50.7 Å². The summed E-state index contributed by atoms with van der Waals surface area (Å²) in [7, 11) is 4.36. The van der Waals surface area contributed by atoms with Gasteiger partial charge in [-0.1, -0.05) is 12.8 Å². The Hall–Kier alpha value is -1.40. The van der Waals surface area contributed by atoms with Crippen LogP contribution in [-0.2, 0) is 19.1 Å². The molecule has 4 aliphatic heterocycles. The monoisotopic (exact) mass is 390 g/mol. The van der Waals surface area contributed by atoms with Gasteiger partial charge >= 0.3 is 11.9 Å². The molecule has 6 atom stereocenters. The lowest BCUT2D eigenvalue weighted by Gasteiger charge is -2.46. The van der Waals surface area contributed by atoms with Crippen molar-refractivity contribution in [2.75, 3.05) is 14.1 Å². The number of esters is 2. The summed E-state index contributed by atoms with van der Waals surface area (Å²) in [5, 5.41) is 0. The van der Waals surface area contributed by atoms with Gasteiger partial charge < -0.3 is 19.3 Å². The smallest absolute Gasteiger partial charge is 0.331 e. The summed E-state index contributed by atoms with van der Waals surface area (Å²) in [6.07, 6.45) is 13.3. The minimum atomic E-state index is -0.426. The maximum atomic E-state index is 12.2. The molecular weight excluding hydrogens is 356 g/mol. The molecule has 28 heavy (non-hydrogen) atoms. The maximum absolute atomic E-state index is 12.2. The number of carbonyl (C=O) groups excluding carboxylic acids is 2. The molecule has 0 amide bonds. The first-order chi connectivity index (χ1) is 13.5. The van der Waals surface area contributed by atoms with Crippen LogP contribution in [0, 0.1) is 0 Å². The summed E-state index contributed by atoms with van der Waals surface area (Å²) in [6, 6.07) is 2.07. The third-order valence-corrected chi connectivity index (χ3v) is 7.51. The highest BCUT2D eigenvalue weighted by Crippen LogP contribution is 2.35. The molecule has 0 aromatic rings. The molecule has 6 heteroatoms. The highest BCUT2D eigenvalue weighted by Gasteiger charge is 2.38. The van der Waals surface area contributed by atoms with Gasteiger partial charge in [0, 0.05) is 62.0 Å². The van der Waals surface area contributed by atoms with E-state index in [0.29, 0.717) is 24.2 Å². The van der Waals surface area contributed by atoms with Crippen molar-refractivity contribution in [1.82, 2.24) is 9.80 Å². The van der Waals surface area contributed by atoms with E-state index < -0.39 is 11.9 Å². The number of piperidine rings is 4. The molecule has 4 saturated heterocycles. The van der Waals surface area contributed by atoms with Gasteiger partial charge in [0.25, 0.3) is 0 Å². The molecular formula is C22H34N2O4. The van der Waals surface area contributed by atoms with Crippen LogP contribution in [0.4, 0.5) is 0 Å². The first-order valence-corrected chi connectivity index (χ1v) is 11.0. The van der Waals surface area contributed by atoms with E-state index in [4.69, 9.17) is 9.47 Å². The fourth-order valence-corrected chi connectivity index (χ4v) is 5.87. The third kappa shape index (κ3) is 4.43. The lowest BCUT2D eigenvalue weighted by Crippen LogP contribution is -2.52. The third-order valence-electron chi connectivity index (χ3n) is 7.51. The van der Waals surface area contributed by atoms with E-state index in [0.717, 1.165) is 25.7 Å². The van der Waals surface area contributed by atoms with Gasteiger partial charge in [0.1, 0.15) is 12.2 Å². The fraction of sp³-hybridized carbons (Fsp3) is 0.818. The molecule has 0 aliphatic carbocycles. The summed E-state index contributed by atoms with van der Waals surface area (Å²) in [5.74, 6) is -0.852. The Labute approximate surface area is 168 Å². The largest absolute Gasteiger partial charge is 0.459 e. The minimum Gasteiger partial charge on any atom is -0.459 e. The molecule has 4 rings (SSSR count). The number of nitrogens with zero attached hydrogens (tertiary/aromatic N) is 2. The Bertz CT molecular complexity index is 542. The van der Waals surface area contributed by atoms with Crippen molar-refractivity contribution in [3.05, 3.63) is 12.2 Å². The molecule has 0 aromatic carbocycles. The van der Waals surface area contributed by atoms with Crippen molar-refractivity contribution in [3.63, 3.8) is 0 Å². The average molecular weight is 391 g/mol. The maximum Gasteiger partial charge on any atom is 0.331 e. The van der Waals surface area contributed by atoms with Gasteiger partial charge in [0.05, 0.1) is 0 Å². The first-order valence-electron chi connectivity index (χ1n) is 11.0. The number of hydrogen-bond donors (Lipinski definition) is 0. The SMILES string of the molecule is CN1[C@@H]2CCC[C@H]1CC(OC(=O)/C=C/C(=O)OC1C[C@H]3CCC[C@@H](C1)N3C)C2. The standard InChI is InChI=1S/C22H34N2O4/c1-23-15-5-3-6-16(23)12-19(11-15)27-21(25)9-10-22(26)28-20-13-17-7-4-8-18(14-20)24(17)2/h9-10,15-20H,3-8,11-14H2,1-2H3/b10-9+/t15-,16+,17-,18+,19?,20?. The molecule has 0 radical (unpaired) electrons. The Kier molecular flexibility index (Phi) is 6.07. The Morgan fingerprint density at radius 1 is 0.679 bits per heavy atom. The van der Waals surface area contributed by atoms with Crippen LogP contribution in [0.3, 0.4) is 0 Å². The van der Waals surface area contributed by atoms with E-state index in [1.807, 2.05) is 0 Å². The summed E-state index contributed by atoms with van der Waals surface area (Å²) in [6.45, 7) is 0. The summed E-state index contributed by atoms with van der Waals surface area (Å²) in [4.78, 5) is 29.2. The fourth-order valence-electron chi connectivity index (χ4n) is 5.87. The number of rotatable bonds is 4. The van der Waals surface area contributed by atoms with Crippen LogP contribution in [0.2, 0.25) is 0 Å². The first kappa shape index (κ1) is 19.9. The zero-order valence-electron chi connectivity index (χ0n) is 17.2. The lowest BCUT2D eigenvalue weighted by atomic mass is 9.83. The highest BCUT2D eigenvalue weighted by atomic mass is 16.5. The van der Waals surface area contributed by atoms with Gasteiger partial charge in [-0.05, 0) is 39.8 Å². The number of fused-ring (bicyclic) bond motifs is 4. The van der Waals surface area contributed by atoms with E-state index in [-0.39, 0.29) is 12.2 Å². The van der Waals surface area contributed by atoms with Crippen molar-refractivity contribution in [2.24, 2.45) is 0 Å². The molecule has 0 spiro atoms. The number of carbonyl (C=O) groups is 2. The lowest BCUT2D eigenvalue weighted by molar-refractivity contribution is -0.151. The van der Waals surface area contributed by atoms with Gasteiger partial charge in [-0.3, -0.25) is 0 Å². The van der Waals surface area contributed by atoms with Gasteiger partial charge in [-0.2, -0.15) is 0 Å². The van der Waals surface area contributed by atoms with Crippen molar-refractivity contribution >= 4 is 11.9 Å². The molecule has 4 aliphatic rings.